The Hall–Kier alpha value is -0.810. The lowest BCUT2D eigenvalue weighted by atomic mass is 10.2. The van der Waals surface area contributed by atoms with Gasteiger partial charge in [-0.05, 0) is 25.0 Å². The molecule has 0 saturated carbocycles. The molecule has 0 unspecified atom stereocenters. The van der Waals surface area contributed by atoms with Gasteiger partial charge < -0.3 is 8.92 Å². The van der Waals surface area contributed by atoms with Crippen molar-refractivity contribution in [1.82, 2.24) is 4.98 Å². The summed E-state index contributed by atoms with van der Waals surface area (Å²) in [5.74, 6) is 0.00491. The van der Waals surface area contributed by atoms with E-state index in [2.05, 4.69) is 4.98 Å². The van der Waals surface area contributed by atoms with Crippen molar-refractivity contribution in [3.63, 3.8) is 0 Å². The van der Waals surface area contributed by atoms with Gasteiger partial charge >= 0.3 is 0 Å². The van der Waals surface area contributed by atoms with E-state index in [9.17, 15) is 4.39 Å². The van der Waals surface area contributed by atoms with E-state index in [1.165, 1.54) is 25.2 Å². The lowest BCUT2D eigenvalue weighted by Gasteiger charge is -2.13. The highest BCUT2D eigenvalue weighted by Crippen LogP contribution is 2.28. The fraction of sp³-hybridized carbons (Fsp3) is 0.444. The Morgan fingerprint density at radius 3 is 2.86 bits per heavy atom. The molecular weight excluding hydrogens is 205 g/mol. The number of nitrogens with zero attached hydrogens (tertiary/aromatic N) is 1. The predicted molar refractivity (Wildman–Crippen MR) is 53.8 cm³/mol. The molecular formula is C9H12FNO2S. The Morgan fingerprint density at radius 1 is 1.57 bits per heavy atom. The van der Waals surface area contributed by atoms with Gasteiger partial charge in [0.2, 0.25) is 5.88 Å². The number of ether oxygens (including phenoxy) is 1. The second-order valence-corrected chi connectivity index (χ2v) is 3.18. The SMILES string of the molecule is COc1ncc(F)cc1[C@@H](C)OSC. The summed E-state index contributed by atoms with van der Waals surface area (Å²) in [5, 5.41) is 0. The number of halogens is 1. The quantitative estimate of drug-likeness (QED) is 0.725. The zero-order chi connectivity index (χ0) is 10.6. The summed E-state index contributed by atoms with van der Waals surface area (Å²) < 4.78 is 23.2. The van der Waals surface area contributed by atoms with Crippen LogP contribution in [0.4, 0.5) is 4.39 Å². The summed E-state index contributed by atoms with van der Waals surface area (Å²) in [6.07, 6.45) is 2.67. The average Bonchev–Trinajstić information content (AvgIpc) is 2.18. The topological polar surface area (TPSA) is 31.4 Å². The fourth-order valence-corrected chi connectivity index (χ4v) is 1.49. The predicted octanol–water partition coefficient (Wildman–Crippen LogP) is 2.58. The number of methoxy groups -OCH3 is 1. The van der Waals surface area contributed by atoms with Crippen LogP contribution in [0.15, 0.2) is 12.3 Å². The van der Waals surface area contributed by atoms with Crippen LogP contribution in [0, 0.1) is 5.82 Å². The van der Waals surface area contributed by atoms with Gasteiger partial charge in [-0.3, -0.25) is 0 Å². The Labute approximate surface area is 86.8 Å². The van der Waals surface area contributed by atoms with E-state index >= 15 is 0 Å². The van der Waals surface area contributed by atoms with Crippen LogP contribution in [0.2, 0.25) is 0 Å². The minimum atomic E-state index is -0.391. The Morgan fingerprint density at radius 2 is 2.29 bits per heavy atom. The highest BCUT2D eigenvalue weighted by Gasteiger charge is 2.14. The van der Waals surface area contributed by atoms with Gasteiger partial charge in [0.25, 0.3) is 0 Å². The van der Waals surface area contributed by atoms with Crippen molar-refractivity contribution in [2.45, 2.75) is 13.0 Å². The van der Waals surface area contributed by atoms with Crippen LogP contribution in [-0.2, 0) is 4.18 Å². The number of hydrogen-bond acceptors (Lipinski definition) is 4. The zero-order valence-electron chi connectivity index (χ0n) is 8.28. The monoisotopic (exact) mass is 217 g/mol. The maximum absolute atomic E-state index is 12.9. The molecule has 1 aromatic rings. The third-order valence-electron chi connectivity index (χ3n) is 1.72. The van der Waals surface area contributed by atoms with Crippen molar-refractivity contribution in [1.29, 1.82) is 0 Å². The molecule has 1 rings (SSSR count). The van der Waals surface area contributed by atoms with Gasteiger partial charge in [-0.1, -0.05) is 0 Å². The summed E-state index contributed by atoms with van der Waals surface area (Å²) in [6.45, 7) is 1.81. The Balaban J connectivity index is 2.97. The first-order valence-electron chi connectivity index (χ1n) is 4.08. The molecule has 1 aromatic heterocycles. The first-order chi connectivity index (χ1) is 6.69. The number of pyridine rings is 1. The van der Waals surface area contributed by atoms with Gasteiger partial charge in [-0.2, -0.15) is 0 Å². The lowest BCUT2D eigenvalue weighted by Crippen LogP contribution is -2.01. The Bertz CT molecular complexity index is 309. The van der Waals surface area contributed by atoms with E-state index in [1.54, 1.807) is 6.26 Å². The number of rotatable bonds is 4. The van der Waals surface area contributed by atoms with Gasteiger partial charge in [-0.25, -0.2) is 9.37 Å². The number of aromatic nitrogens is 1. The van der Waals surface area contributed by atoms with Crippen LogP contribution in [0.25, 0.3) is 0 Å². The van der Waals surface area contributed by atoms with Crippen LogP contribution in [-0.4, -0.2) is 18.3 Å². The molecule has 1 atom stereocenters. The van der Waals surface area contributed by atoms with Gasteiger partial charge in [0.15, 0.2) is 0 Å². The van der Waals surface area contributed by atoms with Gasteiger partial charge in [0.05, 0.1) is 19.4 Å². The first-order valence-corrected chi connectivity index (χ1v) is 5.23. The molecule has 0 N–H and O–H groups in total. The minimum absolute atomic E-state index is 0.247. The molecule has 78 valence electrons. The molecule has 1 heterocycles. The third-order valence-corrected chi connectivity index (χ3v) is 2.20. The van der Waals surface area contributed by atoms with E-state index < -0.39 is 5.82 Å². The van der Waals surface area contributed by atoms with Gasteiger partial charge in [-0.15, -0.1) is 0 Å². The largest absolute Gasteiger partial charge is 0.481 e. The molecule has 0 aliphatic rings. The second kappa shape index (κ2) is 5.17. The van der Waals surface area contributed by atoms with Crippen molar-refractivity contribution in [2.75, 3.05) is 13.4 Å². The molecule has 0 amide bonds. The van der Waals surface area contributed by atoms with Crippen molar-refractivity contribution < 1.29 is 13.3 Å². The molecule has 5 heteroatoms. The average molecular weight is 217 g/mol. The van der Waals surface area contributed by atoms with E-state index in [4.69, 9.17) is 8.92 Å². The van der Waals surface area contributed by atoms with Crippen molar-refractivity contribution in [3.8, 4) is 5.88 Å². The summed E-state index contributed by atoms with van der Waals surface area (Å²) in [5.41, 5.74) is 0.613. The van der Waals surface area contributed by atoms with Crippen LogP contribution < -0.4 is 4.74 Å². The first kappa shape index (κ1) is 11.3. The summed E-state index contributed by atoms with van der Waals surface area (Å²) in [7, 11) is 1.50. The second-order valence-electron chi connectivity index (χ2n) is 2.66. The maximum atomic E-state index is 12.9. The minimum Gasteiger partial charge on any atom is -0.481 e. The Kier molecular flexibility index (Phi) is 4.16. The van der Waals surface area contributed by atoms with Crippen LogP contribution in [0.5, 0.6) is 5.88 Å². The van der Waals surface area contributed by atoms with Crippen LogP contribution in [0.3, 0.4) is 0 Å². The van der Waals surface area contributed by atoms with Crippen molar-refractivity contribution >= 4 is 12.0 Å². The number of hydrogen-bond donors (Lipinski definition) is 0. The fourth-order valence-electron chi connectivity index (χ4n) is 1.10. The maximum Gasteiger partial charge on any atom is 0.219 e. The van der Waals surface area contributed by atoms with E-state index in [0.29, 0.717) is 11.4 Å². The lowest BCUT2D eigenvalue weighted by molar-refractivity contribution is 0.261. The zero-order valence-corrected chi connectivity index (χ0v) is 9.10. The van der Waals surface area contributed by atoms with Gasteiger partial charge in [0.1, 0.15) is 5.82 Å². The molecule has 0 aliphatic carbocycles. The molecule has 0 aromatic carbocycles. The smallest absolute Gasteiger partial charge is 0.219 e. The highest BCUT2D eigenvalue weighted by atomic mass is 32.2. The molecule has 0 bridgehead atoms. The molecule has 3 nitrogen and oxygen atoms in total. The molecule has 0 spiro atoms. The van der Waals surface area contributed by atoms with Gasteiger partial charge in [0, 0.05) is 11.8 Å². The standard InChI is InChI=1S/C9H12FNO2S/c1-6(13-14-3)8-4-7(10)5-11-9(8)12-2/h4-6H,1-3H3/t6-/m1/s1. The molecule has 0 fully saturated rings. The van der Waals surface area contributed by atoms with E-state index in [0.717, 1.165) is 6.20 Å². The molecule has 0 aliphatic heterocycles. The van der Waals surface area contributed by atoms with Crippen molar-refractivity contribution in [2.24, 2.45) is 0 Å². The summed E-state index contributed by atoms with van der Waals surface area (Å²) in [6, 6.07) is 1.37. The normalized spacial score (nSPS) is 12.6. The molecule has 14 heavy (non-hydrogen) atoms. The van der Waals surface area contributed by atoms with Crippen LogP contribution in [0.1, 0.15) is 18.6 Å². The summed E-state index contributed by atoms with van der Waals surface area (Å²) in [4.78, 5) is 3.81. The van der Waals surface area contributed by atoms with E-state index in [-0.39, 0.29) is 6.10 Å². The third kappa shape index (κ3) is 2.59. The van der Waals surface area contributed by atoms with Crippen molar-refractivity contribution in [3.05, 3.63) is 23.6 Å². The summed E-state index contributed by atoms with van der Waals surface area (Å²) >= 11 is 1.22. The van der Waals surface area contributed by atoms with E-state index in [1.807, 2.05) is 6.92 Å². The molecule has 0 saturated heterocycles. The highest BCUT2D eigenvalue weighted by molar-refractivity contribution is 7.93. The van der Waals surface area contributed by atoms with Crippen LogP contribution >= 0.6 is 12.0 Å². The molecule has 0 radical (unpaired) electrons.